The molecule has 112 valence electrons. The topological polar surface area (TPSA) is 83.5 Å². The zero-order chi connectivity index (χ0) is 15.8. The molecule has 0 saturated carbocycles. The second kappa shape index (κ2) is 6.07. The van der Waals surface area contributed by atoms with Crippen LogP contribution in [0.1, 0.15) is 15.2 Å². The highest BCUT2D eigenvalue weighted by Gasteiger charge is 2.23. The van der Waals surface area contributed by atoms with Crippen molar-refractivity contribution in [3.05, 3.63) is 43.0 Å². The Bertz CT molecular complexity index is 815. The smallest absolute Gasteiger partial charge is 0.348 e. The Morgan fingerprint density at radius 1 is 1.33 bits per heavy atom. The van der Waals surface area contributed by atoms with Crippen LogP contribution in [-0.4, -0.2) is 19.5 Å². The molecular formula is C12H9Br2NO4S2. The number of aryl methyl sites for hydroxylation is 1. The minimum atomic E-state index is -3.90. The van der Waals surface area contributed by atoms with Crippen LogP contribution >= 0.6 is 43.2 Å². The van der Waals surface area contributed by atoms with Crippen LogP contribution in [0.5, 0.6) is 0 Å². The molecule has 0 spiro atoms. The number of carbonyl (C=O) groups is 1. The lowest BCUT2D eigenvalue weighted by Crippen LogP contribution is -2.15. The van der Waals surface area contributed by atoms with Crippen molar-refractivity contribution in [3.8, 4) is 0 Å². The Morgan fingerprint density at radius 3 is 2.62 bits per heavy atom. The highest BCUT2D eigenvalue weighted by molar-refractivity contribution is 9.11. The SMILES string of the molecule is Cc1csc(C(=O)O)c1NS(=O)(=O)c1cc(Br)ccc1Br. The van der Waals surface area contributed by atoms with Crippen LogP contribution in [0.25, 0.3) is 0 Å². The number of rotatable bonds is 4. The number of thiophene rings is 1. The summed E-state index contributed by atoms with van der Waals surface area (Å²) in [5, 5.41) is 10.7. The molecule has 0 amide bonds. The van der Waals surface area contributed by atoms with Crippen molar-refractivity contribution < 1.29 is 18.3 Å². The molecule has 0 fully saturated rings. The maximum absolute atomic E-state index is 12.4. The van der Waals surface area contributed by atoms with Crippen molar-refractivity contribution >= 4 is 64.9 Å². The molecule has 5 nitrogen and oxygen atoms in total. The quantitative estimate of drug-likeness (QED) is 0.728. The van der Waals surface area contributed by atoms with Crippen LogP contribution in [0.2, 0.25) is 0 Å². The van der Waals surface area contributed by atoms with Crippen molar-refractivity contribution in [2.45, 2.75) is 11.8 Å². The fourth-order valence-corrected chi connectivity index (χ4v) is 5.16. The first kappa shape index (κ1) is 16.5. The van der Waals surface area contributed by atoms with Gasteiger partial charge in [-0.3, -0.25) is 4.72 Å². The van der Waals surface area contributed by atoms with Gasteiger partial charge in [0.15, 0.2) is 0 Å². The summed E-state index contributed by atoms with van der Waals surface area (Å²) in [7, 11) is -3.90. The molecule has 1 heterocycles. The molecule has 1 aromatic heterocycles. The van der Waals surface area contributed by atoms with E-state index in [1.165, 1.54) is 6.07 Å². The fraction of sp³-hybridized carbons (Fsp3) is 0.0833. The lowest BCUT2D eigenvalue weighted by Gasteiger charge is -2.11. The number of nitrogens with one attached hydrogen (secondary N) is 1. The van der Waals surface area contributed by atoms with E-state index < -0.39 is 16.0 Å². The summed E-state index contributed by atoms with van der Waals surface area (Å²) in [6.45, 7) is 1.65. The largest absolute Gasteiger partial charge is 0.477 e. The van der Waals surface area contributed by atoms with E-state index in [0.717, 1.165) is 11.3 Å². The van der Waals surface area contributed by atoms with Crippen LogP contribution in [0, 0.1) is 6.92 Å². The van der Waals surface area contributed by atoms with Crippen molar-refractivity contribution in [1.82, 2.24) is 0 Å². The number of benzene rings is 1. The van der Waals surface area contributed by atoms with Crippen molar-refractivity contribution in [2.75, 3.05) is 4.72 Å². The highest BCUT2D eigenvalue weighted by Crippen LogP contribution is 2.32. The average molecular weight is 455 g/mol. The Balaban J connectivity index is 2.50. The first-order valence-corrected chi connectivity index (χ1v) is 9.46. The maximum atomic E-state index is 12.4. The van der Waals surface area contributed by atoms with E-state index in [0.29, 0.717) is 14.5 Å². The van der Waals surface area contributed by atoms with Gasteiger partial charge in [0.05, 0.1) is 5.69 Å². The summed E-state index contributed by atoms with van der Waals surface area (Å²) in [6, 6.07) is 4.73. The number of carboxylic acids is 1. The van der Waals surface area contributed by atoms with Crippen molar-refractivity contribution in [3.63, 3.8) is 0 Å². The Labute approximate surface area is 142 Å². The van der Waals surface area contributed by atoms with Crippen molar-refractivity contribution in [1.29, 1.82) is 0 Å². The minimum absolute atomic E-state index is 0.0267. The number of halogens is 2. The van der Waals surface area contributed by atoms with E-state index in [1.54, 1.807) is 24.4 Å². The summed E-state index contributed by atoms with van der Waals surface area (Å²) < 4.78 is 28.2. The summed E-state index contributed by atoms with van der Waals surface area (Å²) in [6.07, 6.45) is 0. The van der Waals surface area contributed by atoms with Gasteiger partial charge in [-0.2, -0.15) is 0 Å². The zero-order valence-corrected chi connectivity index (χ0v) is 15.4. The summed E-state index contributed by atoms with van der Waals surface area (Å²) in [5.41, 5.74) is 0.659. The van der Waals surface area contributed by atoms with Crippen LogP contribution in [0.3, 0.4) is 0 Å². The van der Waals surface area contributed by atoms with E-state index in [1.807, 2.05) is 0 Å². The summed E-state index contributed by atoms with van der Waals surface area (Å²) in [5.74, 6) is -1.17. The third-order valence-electron chi connectivity index (χ3n) is 2.59. The molecule has 2 N–H and O–H groups in total. The molecular weight excluding hydrogens is 446 g/mol. The first-order valence-electron chi connectivity index (χ1n) is 5.51. The Kier molecular flexibility index (Phi) is 4.76. The Hall–Kier alpha value is -0.900. The van der Waals surface area contributed by atoms with Gasteiger partial charge in [0.2, 0.25) is 0 Å². The number of hydrogen-bond acceptors (Lipinski definition) is 4. The van der Waals surface area contributed by atoms with Crippen molar-refractivity contribution in [2.24, 2.45) is 0 Å². The van der Waals surface area contributed by atoms with Crippen LogP contribution in [-0.2, 0) is 10.0 Å². The normalized spacial score (nSPS) is 11.4. The lowest BCUT2D eigenvalue weighted by molar-refractivity contribution is 0.0703. The molecule has 0 aliphatic rings. The van der Waals surface area contributed by atoms with E-state index >= 15 is 0 Å². The molecule has 0 bridgehead atoms. The van der Waals surface area contributed by atoms with Gasteiger partial charge in [0, 0.05) is 8.95 Å². The van der Waals surface area contributed by atoms with E-state index in [2.05, 4.69) is 36.6 Å². The van der Waals surface area contributed by atoms with Gasteiger partial charge in [-0.05, 0) is 52.0 Å². The molecule has 0 saturated heterocycles. The van der Waals surface area contributed by atoms with Gasteiger partial charge in [-0.1, -0.05) is 15.9 Å². The lowest BCUT2D eigenvalue weighted by atomic mass is 10.3. The predicted octanol–water partition coefficient (Wildman–Crippen LogP) is 4.08. The minimum Gasteiger partial charge on any atom is -0.477 e. The first-order chi connectivity index (χ1) is 9.72. The monoisotopic (exact) mass is 453 g/mol. The number of hydrogen-bond donors (Lipinski definition) is 2. The standard InChI is InChI=1S/C12H9Br2NO4S2/c1-6-5-20-11(12(16)17)10(6)15-21(18,19)9-4-7(13)2-3-8(9)14/h2-5,15H,1H3,(H,16,17). The molecule has 0 aliphatic carbocycles. The summed E-state index contributed by atoms with van der Waals surface area (Å²) >= 11 is 7.38. The molecule has 2 rings (SSSR count). The number of anilines is 1. The second-order valence-electron chi connectivity index (χ2n) is 4.11. The second-order valence-corrected chi connectivity index (χ2v) is 8.41. The van der Waals surface area contributed by atoms with Gasteiger partial charge in [0.25, 0.3) is 10.0 Å². The summed E-state index contributed by atoms with van der Waals surface area (Å²) in [4.78, 5) is 11.1. The van der Waals surface area contributed by atoms with Crippen LogP contribution < -0.4 is 4.72 Å². The van der Waals surface area contributed by atoms with Crippen LogP contribution in [0.15, 0.2) is 37.4 Å². The molecule has 1 aromatic carbocycles. The number of aromatic carboxylic acids is 1. The fourth-order valence-electron chi connectivity index (χ4n) is 1.60. The molecule has 0 aliphatic heterocycles. The maximum Gasteiger partial charge on any atom is 0.348 e. The van der Waals surface area contributed by atoms with Gasteiger partial charge < -0.3 is 5.11 Å². The average Bonchev–Trinajstić information content (AvgIpc) is 2.73. The predicted molar refractivity (Wildman–Crippen MR) is 88.7 cm³/mol. The van der Waals surface area contributed by atoms with Crippen LogP contribution in [0.4, 0.5) is 5.69 Å². The molecule has 0 unspecified atom stereocenters. The van der Waals surface area contributed by atoms with E-state index in [4.69, 9.17) is 5.11 Å². The van der Waals surface area contributed by atoms with E-state index in [9.17, 15) is 13.2 Å². The van der Waals surface area contributed by atoms with Gasteiger partial charge in [-0.25, -0.2) is 13.2 Å². The molecule has 9 heteroatoms. The number of carboxylic acid groups (broad SMARTS) is 1. The van der Waals surface area contributed by atoms with Gasteiger partial charge >= 0.3 is 5.97 Å². The number of sulfonamides is 1. The highest BCUT2D eigenvalue weighted by atomic mass is 79.9. The van der Waals surface area contributed by atoms with Gasteiger partial charge in [-0.15, -0.1) is 11.3 Å². The zero-order valence-electron chi connectivity index (χ0n) is 10.6. The van der Waals surface area contributed by atoms with E-state index in [-0.39, 0.29) is 15.5 Å². The third-order valence-corrected chi connectivity index (χ3v) is 6.51. The molecule has 0 radical (unpaired) electrons. The molecule has 21 heavy (non-hydrogen) atoms. The Morgan fingerprint density at radius 2 is 2.00 bits per heavy atom. The molecule has 0 atom stereocenters. The van der Waals surface area contributed by atoms with Gasteiger partial charge in [0.1, 0.15) is 9.77 Å². The molecule has 2 aromatic rings. The third kappa shape index (κ3) is 3.47.